The van der Waals surface area contributed by atoms with E-state index in [1.807, 2.05) is 12.1 Å². The van der Waals surface area contributed by atoms with Crippen LogP contribution in [0.2, 0.25) is 0 Å². The lowest BCUT2D eigenvalue weighted by Gasteiger charge is -2.18. The number of fused-ring (bicyclic) bond motifs is 9. The molecule has 2 aromatic carbocycles. The third-order valence-electron chi connectivity index (χ3n) is 10.9. The molecule has 2 atom stereocenters. The first-order chi connectivity index (χ1) is 26.3. The van der Waals surface area contributed by atoms with Crippen LogP contribution in [-0.2, 0) is 0 Å². The van der Waals surface area contributed by atoms with E-state index in [2.05, 4.69) is 36.8 Å². The number of rotatable bonds is 8. The molecule has 0 saturated heterocycles. The van der Waals surface area contributed by atoms with Crippen molar-refractivity contribution in [3.05, 3.63) is 103 Å². The second kappa shape index (κ2) is 12.8. The van der Waals surface area contributed by atoms with Crippen LogP contribution in [-0.4, -0.2) is 32.3 Å². The van der Waals surface area contributed by atoms with Gasteiger partial charge in [-0.15, -0.1) is 34.0 Å². The number of aromatic nitrogens is 2. The normalized spacial score (nSPS) is 16.3. The van der Waals surface area contributed by atoms with Crippen LogP contribution in [0.15, 0.2) is 47.5 Å². The zero-order valence-corrected chi connectivity index (χ0v) is 32.9. The standard InChI is InChI=1S/C43H33F3N2O4S3/c1-6-8-19(4)47-32-13-21(11-27-36(49)23-10-18(3)29(44)15-24(23)37(27)50)53-40(32)42-34(47)35-43(55-42)41-33(48(35)20(5)9-7-2)14-22(54-41)12-28-38(51)25-16-30(45)31(46)17-26(25)39(28)52/h10-17,19-20H,6-9H2,1-5H3/b27-11-. The second-order valence-corrected chi connectivity index (χ2v) is 17.8. The smallest absolute Gasteiger partial charge is 0.197 e. The molecule has 2 aliphatic carbocycles. The van der Waals surface area contributed by atoms with Gasteiger partial charge in [0.1, 0.15) is 5.82 Å². The van der Waals surface area contributed by atoms with Crippen molar-refractivity contribution in [2.75, 3.05) is 0 Å². The molecule has 6 nitrogen and oxygen atoms in total. The van der Waals surface area contributed by atoms with Crippen LogP contribution in [0, 0.1) is 24.4 Å². The molecular formula is C43H33F3N2O4S3. The minimum atomic E-state index is -1.17. The van der Waals surface area contributed by atoms with Crippen molar-refractivity contribution >= 4 is 110 Å². The van der Waals surface area contributed by atoms with E-state index in [0.717, 1.165) is 89.6 Å². The Morgan fingerprint density at radius 1 is 0.564 bits per heavy atom. The number of Topliss-reactive ketones (excluding diaryl/α,β-unsaturated/α-hetero) is 4. The van der Waals surface area contributed by atoms with E-state index in [4.69, 9.17) is 0 Å². The Morgan fingerprint density at radius 3 is 1.35 bits per heavy atom. The van der Waals surface area contributed by atoms with Gasteiger partial charge in [-0.1, -0.05) is 26.7 Å². The highest BCUT2D eigenvalue weighted by molar-refractivity contribution is 7.34. The summed E-state index contributed by atoms with van der Waals surface area (Å²) in [4.78, 5) is 54.7. The molecule has 0 amide bonds. The van der Waals surface area contributed by atoms with Crippen LogP contribution in [0.25, 0.3) is 53.0 Å². The molecule has 0 N–H and O–H groups in total. The van der Waals surface area contributed by atoms with Gasteiger partial charge in [-0.05, 0) is 87.7 Å². The number of hydrogen-bond acceptors (Lipinski definition) is 7. The van der Waals surface area contributed by atoms with Crippen LogP contribution in [0.5, 0.6) is 0 Å². The molecule has 5 aromatic heterocycles. The lowest BCUT2D eigenvalue weighted by atomic mass is 10.1. The van der Waals surface area contributed by atoms with E-state index < -0.39 is 40.6 Å². The quantitative estimate of drug-likeness (QED) is 0.113. The fourth-order valence-corrected chi connectivity index (χ4v) is 12.1. The molecule has 0 bridgehead atoms. The summed E-state index contributed by atoms with van der Waals surface area (Å²) < 4.78 is 51.5. The maximum Gasteiger partial charge on any atom is 0.197 e. The van der Waals surface area contributed by atoms with Crippen molar-refractivity contribution in [1.82, 2.24) is 9.13 Å². The lowest BCUT2D eigenvalue weighted by molar-refractivity contribution is 0.0975. The first-order valence-corrected chi connectivity index (χ1v) is 20.7. The Labute approximate surface area is 325 Å². The van der Waals surface area contributed by atoms with Gasteiger partial charge in [-0.2, -0.15) is 0 Å². The number of thiophene rings is 3. The summed E-state index contributed by atoms with van der Waals surface area (Å²) in [6.07, 6.45) is 6.95. The average Bonchev–Trinajstić information content (AvgIpc) is 3.99. The Hall–Kier alpha value is -4.91. The largest absolute Gasteiger partial charge is 0.334 e. The number of halogens is 3. The van der Waals surface area contributed by atoms with Gasteiger partial charge in [0.15, 0.2) is 34.8 Å². The highest BCUT2D eigenvalue weighted by Gasteiger charge is 2.36. The molecular weight excluding hydrogens is 762 g/mol. The molecule has 7 aromatic rings. The number of hydrogen-bond donors (Lipinski definition) is 0. The predicted molar refractivity (Wildman–Crippen MR) is 216 cm³/mol. The van der Waals surface area contributed by atoms with Gasteiger partial charge in [0.05, 0.1) is 52.0 Å². The monoisotopic (exact) mass is 794 g/mol. The Morgan fingerprint density at radius 2 is 0.945 bits per heavy atom. The minimum absolute atomic E-state index is 0.0315. The zero-order valence-electron chi connectivity index (χ0n) is 30.5. The summed E-state index contributed by atoms with van der Waals surface area (Å²) in [5, 5.41) is 0. The number of benzene rings is 2. The second-order valence-electron chi connectivity index (χ2n) is 14.6. The molecule has 0 aliphatic heterocycles. The summed E-state index contributed by atoms with van der Waals surface area (Å²) in [5.41, 5.74) is 4.54. The van der Waals surface area contributed by atoms with E-state index >= 15 is 0 Å². The van der Waals surface area contributed by atoms with Crippen molar-refractivity contribution in [2.24, 2.45) is 0 Å². The van der Waals surface area contributed by atoms with Crippen molar-refractivity contribution < 1.29 is 32.3 Å². The van der Waals surface area contributed by atoms with Crippen molar-refractivity contribution in [3.63, 3.8) is 0 Å². The first-order valence-electron chi connectivity index (χ1n) is 18.3. The number of nitrogens with zero attached hydrogens (tertiary/aromatic N) is 2. The topological polar surface area (TPSA) is 78.1 Å². The fourth-order valence-electron chi connectivity index (χ4n) is 8.36. The third kappa shape index (κ3) is 5.17. The van der Waals surface area contributed by atoms with Crippen LogP contribution in [0.1, 0.15) is 122 Å². The molecule has 2 aliphatic rings. The number of ketones is 4. The molecule has 278 valence electrons. The summed E-state index contributed by atoms with van der Waals surface area (Å²) in [5.74, 6) is -4.98. The molecule has 0 fully saturated rings. The van der Waals surface area contributed by atoms with E-state index in [0.29, 0.717) is 10.4 Å². The number of carbonyl (C=O) groups is 4. The highest BCUT2D eigenvalue weighted by atomic mass is 32.1. The molecule has 0 spiro atoms. The first kappa shape index (κ1) is 35.8. The van der Waals surface area contributed by atoms with Gasteiger partial charge >= 0.3 is 0 Å². The molecule has 55 heavy (non-hydrogen) atoms. The molecule has 5 heterocycles. The summed E-state index contributed by atoms with van der Waals surface area (Å²) in [6.45, 7) is 10.3. The molecule has 0 radical (unpaired) electrons. The van der Waals surface area contributed by atoms with E-state index in [-0.39, 0.29) is 45.5 Å². The number of allylic oxidation sites excluding steroid dienone is 2. The summed E-state index contributed by atoms with van der Waals surface area (Å²) in [6, 6.07) is 8.48. The van der Waals surface area contributed by atoms with Gasteiger partial charge in [0.25, 0.3) is 0 Å². The van der Waals surface area contributed by atoms with Crippen molar-refractivity contribution in [2.45, 2.75) is 72.4 Å². The van der Waals surface area contributed by atoms with Crippen LogP contribution >= 0.6 is 34.0 Å². The molecule has 0 saturated carbocycles. The van der Waals surface area contributed by atoms with Crippen LogP contribution in [0.3, 0.4) is 0 Å². The SMILES string of the molecule is CCCC(C)n1c2cc(C=C3C(=O)c4cc(F)c(F)cc4C3=O)sc2c2sc3c4sc(/C=C5/C(=O)c6cc(C)c(F)cc6C5=O)cc4n(C(C)CCC)c3c21. The van der Waals surface area contributed by atoms with Gasteiger partial charge in [-0.3, -0.25) is 19.2 Å². The van der Waals surface area contributed by atoms with Gasteiger partial charge in [-0.25, -0.2) is 13.2 Å². The van der Waals surface area contributed by atoms with Crippen molar-refractivity contribution in [3.8, 4) is 0 Å². The van der Waals surface area contributed by atoms with Crippen LogP contribution in [0.4, 0.5) is 13.2 Å². The third-order valence-corrected chi connectivity index (χ3v) is 14.6. The lowest BCUT2D eigenvalue weighted by Crippen LogP contribution is -2.07. The zero-order chi connectivity index (χ0) is 38.8. The summed E-state index contributed by atoms with van der Waals surface area (Å²) >= 11 is 4.67. The Kier molecular flexibility index (Phi) is 8.34. The molecule has 12 heteroatoms. The maximum atomic E-state index is 14.4. The van der Waals surface area contributed by atoms with Gasteiger partial charge < -0.3 is 9.13 Å². The fraction of sp³-hybridized carbons (Fsp3) is 0.256. The minimum Gasteiger partial charge on any atom is -0.334 e. The van der Waals surface area contributed by atoms with Crippen molar-refractivity contribution in [1.29, 1.82) is 0 Å². The van der Waals surface area contributed by atoms with Gasteiger partial charge in [0, 0.05) is 44.1 Å². The van der Waals surface area contributed by atoms with E-state index in [9.17, 15) is 32.3 Å². The summed E-state index contributed by atoms with van der Waals surface area (Å²) in [7, 11) is 0. The van der Waals surface area contributed by atoms with E-state index in [1.54, 1.807) is 30.4 Å². The van der Waals surface area contributed by atoms with Crippen LogP contribution < -0.4 is 0 Å². The average molecular weight is 795 g/mol. The van der Waals surface area contributed by atoms with Gasteiger partial charge in [0.2, 0.25) is 0 Å². The highest BCUT2D eigenvalue weighted by Crippen LogP contribution is 2.52. The predicted octanol–water partition coefficient (Wildman–Crippen LogP) is 12.5. The maximum absolute atomic E-state index is 14.4. The van der Waals surface area contributed by atoms with E-state index in [1.165, 1.54) is 28.7 Å². The number of aryl methyl sites for hydroxylation is 1. The molecule has 9 rings (SSSR count). The number of carbonyl (C=O) groups excluding carboxylic acids is 4. The Bertz CT molecular complexity index is 2680. The Balaban J connectivity index is 1.23. The molecule has 2 unspecified atom stereocenters.